The number of rotatable bonds is 11. The van der Waals surface area contributed by atoms with Crippen molar-refractivity contribution in [3.05, 3.63) is 65.4 Å². The zero-order chi connectivity index (χ0) is 24.7. The minimum absolute atomic E-state index is 0.291. The van der Waals surface area contributed by atoms with Crippen LogP contribution in [0.1, 0.15) is 24.0 Å². The van der Waals surface area contributed by atoms with Crippen LogP contribution in [0.15, 0.2) is 54.7 Å². The number of aliphatic hydroxyl groups is 1. The molecular formula is C28H35N5O2S. The van der Waals surface area contributed by atoms with Crippen LogP contribution in [0, 0.1) is 0 Å². The summed E-state index contributed by atoms with van der Waals surface area (Å²) < 4.78 is 7.09. The van der Waals surface area contributed by atoms with E-state index in [1.165, 1.54) is 26.5 Å². The molecule has 7 nitrogen and oxygen atoms in total. The van der Waals surface area contributed by atoms with Gasteiger partial charge in [0, 0.05) is 63.0 Å². The summed E-state index contributed by atoms with van der Waals surface area (Å²) in [5.41, 5.74) is 4.56. The van der Waals surface area contributed by atoms with Crippen LogP contribution in [0.25, 0.3) is 21.3 Å². The van der Waals surface area contributed by atoms with Gasteiger partial charge in [0.1, 0.15) is 18.5 Å². The Hall–Kier alpha value is -2.78. The van der Waals surface area contributed by atoms with Crippen molar-refractivity contribution in [1.82, 2.24) is 25.0 Å². The number of fused-ring (bicyclic) bond motifs is 1. The van der Waals surface area contributed by atoms with Crippen molar-refractivity contribution < 1.29 is 9.84 Å². The standard InChI is InChI=1S/C28H35N5O2S/c1-2-6-28-30-26-17-23(9-10-27(26)36-28)35-20-22(34)19-33-15-13-32(14-16-33)12-11-25-24(18-29-31-25)21-7-4-3-5-8-21/h3-5,7-10,17-18,22,34H,2,6,11-16,19-20H2,1H3,(H,29,31)/t22-/m0/s1. The van der Waals surface area contributed by atoms with E-state index in [0.717, 1.165) is 63.3 Å². The predicted octanol–water partition coefficient (Wildman–Crippen LogP) is 4.24. The first-order chi connectivity index (χ1) is 17.7. The molecule has 1 fully saturated rings. The van der Waals surface area contributed by atoms with Crippen molar-refractivity contribution >= 4 is 21.6 Å². The lowest BCUT2D eigenvalue weighted by atomic mass is 10.0. The third-order valence-electron chi connectivity index (χ3n) is 6.72. The Kier molecular flexibility index (Phi) is 8.28. The van der Waals surface area contributed by atoms with Crippen LogP contribution in [-0.4, -0.2) is 82.1 Å². The SMILES string of the molecule is CCCc1nc2cc(OC[C@@H](O)CN3CCN(CCc4[nH]ncc4-c4ccccc4)CC3)ccc2s1. The molecule has 0 bridgehead atoms. The number of β-amino-alcohol motifs (C(OH)–C–C–N with tert-alkyl or cyclic N) is 1. The number of benzene rings is 2. The molecule has 2 aromatic heterocycles. The van der Waals surface area contributed by atoms with Crippen LogP contribution >= 0.6 is 11.3 Å². The number of hydrogen-bond donors (Lipinski definition) is 2. The van der Waals surface area contributed by atoms with Crippen LogP contribution in [0.3, 0.4) is 0 Å². The molecule has 1 saturated heterocycles. The molecule has 0 saturated carbocycles. The molecule has 190 valence electrons. The van der Waals surface area contributed by atoms with Crippen molar-refractivity contribution in [2.75, 3.05) is 45.9 Å². The fraction of sp³-hybridized carbons (Fsp3) is 0.429. The number of thiazole rings is 1. The van der Waals surface area contributed by atoms with Gasteiger partial charge in [-0.25, -0.2) is 4.98 Å². The molecule has 0 unspecified atom stereocenters. The fourth-order valence-corrected chi connectivity index (χ4v) is 5.79. The molecule has 36 heavy (non-hydrogen) atoms. The van der Waals surface area contributed by atoms with E-state index in [9.17, 15) is 5.11 Å². The number of hydrogen-bond acceptors (Lipinski definition) is 7. The maximum absolute atomic E-state index is 10.6. The van der Waals surface area contributed by atoms with Crippen LogP contribution in [0.4, 0.5) is 0 Å². The number of aromatic nitrogens is 3. The molecule has 2 N–H and O–H groups in total. The van der Waals surface area contributed by atoms with Gasteiger partial charge in [0.15, 0.2) is 0 Å². The van der Waals surface area contributed by atoms with Crippen molar-refractivity contribution in [3.8, 4) is 16.9 Å². The minimum Gasteiger partial charge on any atom is -0.491 e. The summed E-state index contributed by atoms with van der Waals surface area (Å²) in [6, 6.07) is 16.4. The van der Waals surface area contributed by atoms with Gasteiger partial charge in [-0.15, -0.1) is 11.3 Å². The predicted molar refractivity (Wildman–Crippen MR) is 146 cm³/mol. The van der Waals surface area contributed by atoms with Gasteiger partial charge in [0.25, 0.3) is 0 Å². The second-order valence-corrected chi connectivity index (χ2v) is 10.6. The number of aromatic amines is 1. The summed E-state index contributed by atoms with van der Waals surface area (Å²) in [6.45, 7) is 8.01. The van der Waals surface area contributed by atoms with Gasteiger partial charge < -0.3 is 14.7 Å². The van der Waals surface area contributed by atoms with E-state index >= 15 is 0 Å². The highest BCUT2D eigenvalue weighted by Crippen LogP contribution is 2.27. The molecule has 4 aromatic rings. The molecule has 1 atom stereocenters. The Morgan fingerprint density at radius 3 is 2.67 bits per heavy atom. The van der Waals surface area contributed by atoms with E-state index in [1.54, 1.807) is 11.3 Å². The van der Waals surface area contributed by atoms with E-state index in [0.29, 0.717) is 13.2 Å². The van der Waals surface area contributed by atoms with Gasteiger partial charge in [-0.05, 0) is 30.5 Å². The smallest absolute Gasteiger partial charge is 0.121 e. The summed E-state index contributed by atoms with van der Waals surface area (Å²) >= 11 is 1.75. The Balaban J connectivity index is 1.04. The molecule has 1 aliphatic heterocycles. The van der Waals surface area contributed by atoms with Gasteiger partial charge in [-0.3, -0.25) is 10.00 Å². The van der Waals surface area contributed by atoms with Crippen LogP contribution < -0.4 is 4.74 Å². The normalized spacial score (nSPS) is 15.9. The first-order valence-corrected chi connectivity index (χ1v) is 13.7. The molecule has 0 radical (unpaired) electrons. The monoisotopic (exact) mass is 505 g/mol. The largest absolute Gasteiger partial charge is 0.491 e. The Bertz CT molecular complexity index is 1230. The first-order valence-electron chi connectivity index (χ1n) is 12.9. The number of aliphatic hydroxyl groups excluding tert-OH is 1. The third-order valence-corrected chi connectivity index (χ3v) is 7.82. The highest BCUT2D eigenvalue weighted by atomic mass is 32.1. The summed E-state index contributed by atoms with van der Waals surface area (Å²) in [5, 5.41) is 19.2. The van der Waals surface area contributed by atoms with Crippen LogP contribution in [-0.2, 0) is 12.8 Å². The lowest BCUT2D eigenvalue weighted by Gasteiger charge is -2.35. The quantitative estimate of drug-likeness (QED) is 0.318. The van der Waals surface area contributed by atoms with E-state index in [4.69, 9.17) is 9.72 Å². The first kappa shape index (κ1) is 24.9. The molecular weight excluding hydrogens is 470 g/mol. The molecule has 2 aromatic carbocycles. The van der Waals surface area contributed by atoms with Crippen molar-refractivity contribution in [1.29, 1.82) is 0 Å². The molecule has 0 spiro atoms. The second-order valence-electron chi connectivity index (χ2n) is 9.47. The minimum atomic E-state index is -0.517. The average molecular weight is 506 g/mol. The topological polar surface area (TPSA) is 77.5 Å². The summed E-state index contributed by atoms with van der Waals surface area (Å²) in [5.74, 6) is 0.772. The summed E-state index contributed by atoms with van der Waals surface area (Å²) in [4.78, 5) is 9.52. The number of piperazine rings is 1. The molecule has 0 aliphatic carbocycles. The zero-order valence-electron chi connectivity index (χ0n) is 20.9. The average Bonchev–Trinajstić information content (AvgIpc) is 3.54. The van der Waals surface area contributed by atoms with E-state index in [2.05, 4.69) is 57.3 Å². The Labute approximate surface area is 216 Å². The second kappa shape index (κ2) is 12.0. The third kappa shape index (κ3) is 6.31. The van der Waals surface area contributed by atoms with Gasteiger partial charge in [0.2, 0.25) is 0 Å². The van der Waals surface area contributed by atoms with Crippen LogP contribution in [0.5, 0.6) is 5.75 Å². The van der Waals surface area contributed by atoms with Crippen molar-refractivity contribution in [3.63, 3.8) is 0 Å². The Morgan fingerprint density at radius 1 is 1.06 bits per heavy atom. The molecule has 0 amide bonds. The molecule has 8 heteroatoms. The summed E-state index contributed by atoms with van der Waals surface area (Å²) in [6.07, 6.45) is 4.47. The fourth-order valence-electron chi connectivity index (χ4n) is 4.74. The van der Waals surface area contributed by atoms with E-state index in [1.807, 2.05) is 24.4 Å². The highest BCUT2D eigenvalue weighted by molar-refractivity contribution is 7.18. The maximum atomic E-state index is 10.6. The van der Waals surface area contributed by atoms with Crippen molar-refractivity contribution in [2.45, 2.75) is 32.3 Å². The van der Waals surface area contributed by atoms with Crippen molar-refractivity contribution in [2.24, 2.45) is 0 Å². The lowest BCUT2D eigenvalue weighted by Crippen LogP contribution is -2.49. The van der Waals surface area contributed by atoms with Gasteiger partial charge >= 0.3 is 0 Å². The van der Waals surface area contributed by atoms with Gasteiger partial charge in [0.05, 0.1) is 21.4 Å². The zero-order valence-corrected chi connectivity index (χ0v) is 21.7. The molecule has 1 aliphatic rings. The maximum Gasteiger partial charge on any atom is 0.121 e. The number of H-pyrrole nitrogens is 1. The van der Waals surface area contributed by atoms with Gasteiger partial charge in [-0.1, -0.05) is 37.3 Å². The molecule has 5 rings (SSSR count). The highest BCUT2D eigenvalue weighted by Gasteiger charge is 2.20. The van der Waals surface area contributed by atoms with E-state index in [-0.39, 0.29) is 0 Å². The van der Waals surface area contributed by atoms with E-state index < -0.39 is 6.10 Å². The number of aryl methyl sites for hydroxylation is 1. The molecule has 3 heterocycles. The summed E-state index contributed by atoms with van der Waals surface area (Å²) in [7, 11) is 0. The number of ether oxygens (including phenoxy) is 1. The lowest BCUT2D eigenvalue weighted by molar-refractivity contribution is 0.0463. The van der Waals surface area contributed by atoms with Crippen LogP contribution in [0.2, 0.25) is 0 Å². The van der Waals surface area contributed by atoms with Gasteiger partial charge in [-0.2, -0.15) is 5.10 Å². The number of nitrogens with zero attached hydrogens (tertiary/aromatic N) is 4. The number of nitrogens with one attached hydrogen (secondary N) is 1. The Morgan fingerprint density at radius 2 is 1.86 bits per heavy atom.